The Morgan fingerprint density at radius 2 is 1.76 bits per heavy atom. The molecule has 0 bridgehead atoms. The molecule has 0 aliphatic carbocycles. The van der Waals surface area contributed by atoms with Crippen molar-refractivity contribution in [1.82, 2.24) is 30.0 Å². The van der Waals surface area contributed by atoms with E-state index >= 15 is 0 Å². The van der Waals surface area contributed by atoms with Gasteiger partial charge in [-0.25, -0.2) is 4.68 Å². The fourth-order valence-corrected chi connectivity index (χ4v) is 3.91. The number of tetrazole rings is 1. The summed E-state index contributed by atoms with van der Waals surface area (Å²) in [6, 6.07) is 18.6. The lowest BCUT2D eigenvalue weighted by atomic mass is 10.0. The zero-order valence-corrected chi connectivity index (χ0v) is 17.1. The second kappa shape index (κ2) is 9.15. The molecule has 2 heterocycles. The van der Waals surface area contributed by atoms with Crippen molar-refractivity contribution in [2.24, 2.45) is 0 Å². The van der Waals surface area contributed by atoms with Gasteiger partial charge in [0.05, 0.1) is 19.7 Å². The van der Waals surface area contributed by atoms with Crippen LogP contribution in [0.2, 0.25) is 0 Å². The summed E-state index contributed by atoms with van der Waals surface area (Å²) in [5.74, 6) is 1.73. The van der Waals surface area contributed by atoms with Gasteiger partial charge < -0.3 is 9.64 Å². The van der Waals surface area contributed by atoms with Gasteiger partial charge >= 0.3 is 0 Å². The van der Waals surface area contributed by atoms with Crippen LogP contribution in [0.1, 0.15) is 29.4 Å². The summed E-state index contributed by atoms with van der Waals surface area (Å²) in [5, 5.41) is 12.8. The average Bonchev–Trinajstić information content (AvgIpc) is 3.09. The molecule has 1 aromatic heterocycles. The van der Waals surface area contributed by atoms with Crippen molar-refractivity contribution >= 4 is 0 Å². The van der Waals surface area contributed by atoms with Gasteiger partial charge in [-0.3, -0.25) is 4.90 Å². The van der Waals surface area contributed by atoms with Crippen LogP contribution in [-0.4, -0.2) is 70.3 Å². The molecule has 7 nitrogen and oxygen atoms in total. The molecule has 1 fully saturated rings. The van der Waals surface area contributed by atoms with Crippen molar-refractivity contribution in [3.8, 4) is 5.75 Å². The van der Waals surface area contributed by atoms with Gasteiger partial charge in [-0.2, -0.15) is 0 Å². The van der Waals surface area contributed by atoms with Crippen molar-refractivity contribution in [3.63, 3.8) is 0 Å². The first-order valence-electron chi connectivity index (χ1n) is 10.1. The minimum Gasteiger partial charge on any atom is -0.497 e. The highest BCUT2D eigenvalue weighted by Crippen LogP contribution is 2.29. The van der Waals surface area contributed by atoms with E-state index in [1.807, 2.05) is 35.0 Å². The first kappa shape index (κ1) is 19.5. The van der Waals surface area contributed by atoms with Crippen molar-refractivity contribution in [1.29, 1.82) is 0 Å². The van der Waals surface area contributed by atoms with Crippen molar-refractivity contribution in [2.75, 3.05) is 40.3 Å². The van der Waals surface area contributed by atoms with E-state index in [0.717, 1.165) is 44.2 Å². The number of hydrogen-bond donors (Lipinski definition) is 0. The molecule has 1 aliphatic rings. The first-order chi connectivity index (χ1) is 14.2. The van der Waals surface area contributed by atoms with E-state index in [2.05, 4.69) is 56.6 Å². The van der Waals surface area contributed by atoms with Crippen LogP contribution in [0.25, 0.3) is 0 Å². The Hall–Kier alpha value is -2.77. The summed E-state index contributed by atoms with van der Waals surface area (Å²) in [7, 11) is 3.88. The average molecular weight is 393 g/mol. The number of aromatic nitrogens is 4. The SMILES string of the molecule is COc1ccc(C(c2nnnn2Cc2ccccc2)N2CCCN(C)CC2)cc1. The maximum Gasteiger partial charge on any atom is 0.173 e. The smallest absolute Gasteiger partial charge is 0.173 e. The Morgan fingerprint density at radius 1 is 0.966 bits per heavy atom. The Morgan fingerprint density at radius 3 is 2.52 bits per heavy atom. The second-order valence-corrected chi connectivity index (χ2v) is 7.55. The van der Waals surface area contributed by atoms with E-state index in [4.69, 9.17) is 4.74 Å². The number of likely N-dealkylation sites (N-methyl/N-ethyl adjacent to an activating group) is 1. The molecule has 0 saturated carbocycles. The zero-order valence-electron chi connectivity index (χ0n) is 17.1. The molecule has 1 unspecified atom stereocenters. The molecule has 29 heavy (non-hydrogen) atoms. The summed E-state index contributed by atoms with van der Waals surface area (Å²) in [6.45, 7) is 4.79. The van der Waals surface area contributed by atoms with Gasteiger partial charge in [0.25, 0.3) is 0 Å². The maximum absolute atomic E-state index is 5.36. The van der Waals surface area contributed by atoms with Crippen molar-refractivity contribution in [3.05, 3.63) is 71.5 Å². The highest BCUT2D eigenvalue weighted by Gasteiger charge is 2.29. The largest absolute Gasteiger partial charge is 0.497 e. The lowest BCUT2D eigenvalue weighted by Gasteiger charge is -2.30. The lowest BCUT2D eigenvalue weighted by Crippen LogP contribution is -2.35. The third-order valence-electron chi connectivity index (χ3n) is 5.53. The monoisotopic (exact) mass is 392 g/mol. The van der Waals surface area contributed by atoms with Crippen molar-refractivity contribution < 1.29 is 4.74 Å². The van der Waals surface area contributed by atoms with Gasteiger partial charge in [0.2, 0.25) is 0 Å². The van der Waals surface area contributed by atoms with Gasteiger partial charge in [-0.15, -0.1) is 5.10 Å². The molecule has 2 aromatic carbocycles. The molecule has 0 N–H and O–H groups in total. The van der Waals surface area contributed by atoms with Gasteiger partial charge in [-0.1, -0.05) is 42.5 Å². The molecule has 1 atom stereocenters. The molecule has 0 amide bonds. The maximum atomic E-state index is 5.36. The van der Waals surface area contributed by atoms with Gasteiger partial charge in [0.1, 0.15) is 5.75 Å². The van der Waals surface area contributed by atoms with Crippen LogP contribution in [0.3, 0.4) is 0 Å². The normalized spacial score (nSPS) is 17.0. The summed E-state index contributed by atoms with van der Waals surface area (Å²) < 4.78 is 7.29. The summed E-state index contributed by atoms with van der Waals surface area (Å²) in [6.07, 6.45) is 1.13. The van der Waals surface area contributed by atoms with Gasteiger partial charge in [0, 0.05) is 19.6 Å². The molecule has 0 radical (unpaired) electrons. The highest BCUT2D eigenvalue weighted by molar-refractivity contribution is 5.32. The predicted octanol–water partition coefficient (Wildman–Crippen LogP) is 2.46. The van der Waals surface area contributed by atoms with Crippen LogP contribution in [0.5, 0.6) is 5.75 Å². The Labute approximate surface area is 171 Å². The minimum atomic E-state index is 0.00567. The number of benzene rings is 2. The second-order valence-electron chi connectivity index (χ2n) is 7.55. The molecule has 0 spiro atoms. The highest BCUT2D eigenvalue weighted by atomic mass is 16.5. The quantitative estimate of drug-likeness (QED) is 0.642. The third kappa shape index (κ3) is 4.63. The number of ether oxygens (including phenoxy) is 1. The minimum absolute atomic E-state index is 0.00567. The van der Waals surface area contributed by atoms with Crippen LogP contribution >= 0.6 is 0 Å². The Balaban J connectivity index is 1.69. The topological polar surface area (TPSA) is 59.3 Å². The number of nitrogens with zero attached hydrogens (tertiary/aromatic N) is 6. The van der Waals surface area contributed by atoms with Gasteiger partial charge in [0.15, 0.2) is 5.82 Å². The van der Waals surface area contributed by atoms with E-state index in [-0.39, 0.29) is 6.04 Å². The van der Waals surface area contributed by atoms with Crippen LogP contribution in [-0.2, 0) is 6.54 Å². The van der Waals surface area contributed by atoms with Crippen LogP contribution in [0, 0.1) is 0 Å². The fourth-order valence-electron chi connectivity index (χ4n) is 3.91. The molecular formula is C22H28N6O. The number of hydrogen-bond acceptors (Lipinski definition) is 6. The van der Waals surface area contributed by atoms with E-state index in [1.165, 1.54) is 11.1 Å². The predicted molar refractivity (Wildman–Crippen MR) is 112 cm³/mol. The fraction of sp³-hybridized carbons (Fsp3) is 0.409. The number of methoxy groups -OCH3 is 1. The van der Waals surface area contributed by atoms with Crippen LogP contribution in [0.4, 0.5) is 0 Å². The Kier molecular flexibility index (Phi) is 6.17. The molecule has 4 rings (SSSR count). The molecule has 7 heteroatoms. The first-order valence-corrected chi connectivity index (χ1v) is 10.1. The number of rotatable bonds is 6. The summed E-state index contributed by atoms with van der Waals surface area (Å²) >= 11 is 0. The van der Waals surface area contributed by atoms with Gasteiger partial charge in [-0.05, 0) is 53.7 Å². The zero-order chi connectivity index (χ0) is 20.1. The third-order valence-corrected chi connectivity index (χ3v) is 5.53. The van der Waals surface area contributed by atoms with Crippen molar-refractivity contribution in [2.45, 2.75) is 19.0 Å². The molecule has 1 aliphatic heterocycles. The molecule has 1 saturated heterocycles. The van der Waals surface area contributed by atoms with Crippen LogP contribution < -0.4 is 4.74 Å². The van der Waals surface area contributed by atoms with E-state index < -0.39 is 0 Å². The summed E-state index contributed by atoms with van der Waals surface area (Å²) in [4.78, 5) is 4.89. The Bertz CT molecular complexity index is 895. The standard InChI is InChI=1S/C22H28N6O/c1-26-13-6-14-27(16-15-26)21(19-9-11-20(29-2)12-10-19)22-23-24-25-28(22)17-18-7-4-3-5-8-18/h3-5,7-12,21H,6,13-17H2,1-2H3. The molecule has 3 aromatic rings. The van der Waals surface area contributed by atoms with E-state index in [0.29, 0.717) is 6.54 Å². The summed E-state index contributed by atoms with van der Waals surface area (Å²) in [5.41, 5.74) is 2.37. The van der Waals surface area contributed by atoms with Crippen LogP contribution in [0.15, 0.2) is 54.6 Å². The van der Waals surface area contributed by atoms with E-state index in [9.17, 15) is 0 Å². The molecular weight excluding hydrogens is 364 g/mol. The molecule has 152 valence electrons. The van der Waals surface area contributed by atoms with E-state index in [1.54, 1.807) is 7.11 Å². The lowest BCUT2D eigenvalue weighted by molar-refractivity contribution is 0.219.